The first-order chi connectivity index (χ1) is 6.63. The van der Waals surface area contributed by atoms with Crippen molar-refractivity contribution < 1.29 is 4.79 Å². The fourth-order valence-electron chi connectivity index (χ4n) is 0.867. The normalized spacial score (nSPS) is 11.4. The molecule has 14 heavy (non-hydrogen) atoms. The lowest BCUT2D eigenvalue weighted by Gasteiger charge is -2.10. The summed E-state index contributed by atoms with van der Waals surface area (Å²) in [6.07, 6.45) is 1.48. The van der Waals surface area contributed by atoms with Crippen molar-refractivity contribution in [2.45, 2.75) is 13.0 Å². The van der Waals surface area contributed by atoms with Crippen molar-refractivity contribution in [1.29, 1.82) is 5.26 Å². The number of nitrogens with one attached hydrogen (secondary N) is 1. The maximum Gasteiger partial charge on any atom is 0.239 e. The Morgan fingerprint density at radius 3 is 2.86 bits per heavy atom. The smallest absolute Gasteiger partial charge is 0.239 e. The summed E-state index contributed by atoms with van der Waals surface area (Å²) in [6.45, 7) is 1.65. The highest BCUT2D eigenvalue weighted by Crippen LogP contribution is 2.06. The van der Waals surface area contributed by atoms with Crippen LogP contribution < -0.4 is 11.1 Å². The number of hydrogen-bond acceptors (Lipinski definition) is 4. The molecule has 0 aliphatic heterocycles. The Kier molecular flexibility index (Phi) is 3.02. The number of aromatic nitrogens is 1. The Morgan fingerprint density at radius 1 is 1.71 bits per heavy atom. The second kappa shape index (κ2) is 4.23. The monoisotopic (exact) mass is 190 g/mol. The van der Waals surface area contributed by atoms with E-state index in [1.807, 2.05) is 6.07 Å². The third kappa shape index (κ3) is 2.45. The van der Waals surface area contributed by atoms with Crippen LogP contribution in [0.5, 0.6) is 0 Å². The molecule has 0 aliphatic carbocycles. The van der Waals surface area contributed by atoms with Crippen LogP contribution in [0.1, 0.15) is 12.6 Å². The van der Waals surface area contributed by atoms with Crippen LogP contribution in [-0.2, 0) is 4.79 Å². The minimum absolute atomic E-state index is 0.335. The van der Waals surface area contributed by atoms with Crippen LogP contribution in [0.4, 0.5) is 5.69 Å². The number of nitrogens with two attached hydrogens (primary N) is 1. The van der Waals surface area contributed by atoms with Gasteiger partial charge >= 0.3 is 0 Å². The summed E-state index contributed by atoms with van der Waals surface area (Å²) in [4.78, 5) is 14.5. The number of nitrogens with zero attached hydrogens (tertiary/aromatic N) is 2. The summed E-state index contributed by atoms with van der Waals surface area (Å²) in [5.41, 5.74) is 6.06. The summed E-state index contributed by atoms with van der Waals surface area (Å²) >= 11 is 0. The van der Waals surface area contributed by atoms with Crippen LogP contribution in [-0.4, -0.2) is 16.9 Å². The van der Waals surface area contributed by atoms with Crippen molar-refractivity contribution in [1.82, 2.24) is 4.98 Å². The van der Waals surface area contributed by atoms with Gasteiger partial charge in [0.25, 0.3) is 0 Å². The molecule has 0 spiro atoms. The molecule has 3 N–H and O–H groups in total. The van der Waals surface area contributed by atoms with Crippen LogP contribution in [0.15, 0.2) is 18.3 Å². The third-order valence-electron chi connectivity index (χ3n) is 1.69. The molecule has 0 fully saturated rings. The number of primary amides is 1. The molecule has 5 heteroatoms. The molecule has 1 amide bonds. The molecule has 5 nitrogen and oxygen atoms in total. The zero-order valence-corrected chi connectivity index (χ0v) is 7.69. The Hall–Kier alpha value is -2.09. The Bertz CT molecular complexity index is 365. The number of pyridine rings is 1. The molecule has 72 valence electrons. The van der Waals surface area contributed by atoms with Gasteiger partial charge in [-0.3, -0.25) is 4.79 Å². The fourth-order valence-corrected chi connectivity index (χ4v) is 0.867. The molecular weight excluding hydrogens is 180 g/mol. The average molecular weight is 190 g/mol. The first-order valence-corrected chi connectivity index (χ1v) is 4.05. The lowest BCUT2D eigenvalue weighted by molar-refractivity contribution is -0.118. The Labute approximate surface area is 81.6 Å². The predicted molar refractivity (Wildman–Crippen MR) is 51.2 cm³/mol. The average Bonchev–Trinajstić information content (AvgIpc) is 2.19. The second-order valence-corrected chi connectivity index (χ2v) is 2.81. The molecule has 0 aliphatic rings. The quantitative estimate of drug-likeness (QED) is 0.714. The van der Waals surface area contributed by atoms with Gasteiger partial charge in [0.2, 0.25) is 5.91 Å². The number of anilines is 1. The molecule has 0 aromatic carbocycles. The van der Waals surface area contributed by atoms with E-state index in [-0.39, 0.29) is 0 Å². The van der Waals surface area contributed by atoms with Gasteiger partial charge in [-0.25, -0.2) is 4.98 Å². The lowest BCUT2D eigenvalue weighted by atomic mass is 10.3. The van der Waals surface area contributed by atoms with Gasteiger partial charge in [-0.15, -0.1) is 0 Å². The van der Waals surface area contributed by atoms with Gasteiger partial charge in [-0.1, -0.05) is 0 Å². The number of rotatable bonds is 3. The molecule has 1 rings (SSSR count). The topological polar surface area (TPSA) is 91.8 Å². The van der Waals surface area contributed by atoms with Gasteiger partial charge in [0.15, 0.2) is 0 Å². The van der Waals surface area contributed by atoms with Gasteiger partial charge in [0.1, 0.15) is 17.8 Å². The SMILES string of the molecule is CC(Nc1ccc(C#N)nc1)C(N)=O. The number of amides is 1. The van der Waals surface area contributed by atoms with E-state index in [4.69, 9.17) is 11.0 Å². The van der Waals surface area contributed by atoms with E-state index in [9.17, 15) is 4.79 Å². The third-order valence-corrected chi connectivity index (χ3v) is 1.69. The largest absolute Gasteiger partial charge is 0.373 e. The van der Waals surface area contributed by atoms with Crippen LogP contribution in [0.3, 0.4) is 0 Å². The van der Waals surface area contributed by atoms with Crippen molar-refractivity contribution in [3.8, 4) is 6.07 Å². The summed E-state index contributed by atoms with van der Waals surface area (Å²) in [5, 5.41) is 11.3. The summed E-state index contributed by atoms with van der Waals surface area (Å²) in [5.74, 6) is -0.436. The second-order valence-electron chi connectivity index (χ2n) is 2.81. The van der Waals surface area contributed by atoms with Gasteiger partial charge in [0.05, 0.1) is 11.9 Å². The van der Waals surface area contributed by atoms with E-state index in [0.717, 1.165) is 0 Å². The van der Waals surface area contributed by atoms with Gasteiger partial charge in [0, 0.05) is 0 Å². The molecule has 0 radical (unpaired) electrons. The highest BCUT2D eigenvalue weighted by molar-refractivity contribution is 5.82. The highest BCUT2D eigenvalue weighted by Gasteiger charge is 2.07. The van der Waals surface area contributed by atoms with Crippen molar-refractivity contribution in [3.63, 3.8) is 0 Å². The molecule has 0 saturated carbocycles. The van der Waals surface area contributed by atoms with Crippen LogP contribution in [0.25, 0.3) is 0 Å². The van der Waals surface area contributed by atoms with E-state index in [0.29, 0.717) is 11.4 Å². The molecule has 0 bridgehead atoms. The van der Waals surface area contributed by atoms with Crippen molar-refractivity contribution in [2.75, 3.05) is 5.32 Å². The number of carbonyl (C=O) groups excluding carboxylic acids is 1. The molecule has 1 unspecified atom stereocenters. The maximum atomic E-state index is 10.7. The van der Waals surface area contributed by atoms with E-state index in [1.165, 1.54) is 6.20 Å². The molecule has 1 atom stereocenters. The van der Waals surface area contributed by atoms with E-state index < -0.39 is 11.9 Å². The maximum absolute atomic E-state index is 10.7. The van der Waals surface area contributed by atoms with Crippen LogP contribution >= 0.6 is 0 Å². The van der Waals surface area contributed by atoms with Gasteiger partial charge in [-0.2, -0.15) is 5.26 Å². The number of carbonyl (C=O) groups is 1. The standard InChI is InChI=1S/C9H10N4O/c1-6(9(11)14)13-8-3-2-7(4-10)12-5-8/h2-3,5-6,13H,1H3,(H2,11,14). The number of hydrogen-bond donors (Lipinski definition) is 2. The Balaban J connectivity index is 2.70. The number of nitriles is 1. The van der Waals surface area contributed by atoms with Crippen molar-refractivity contribution >= 4 is 11.6 Å². The molecule has 1 heterocycles. The van der Waals surface area contributed by atoms with E-state index in [2.05, 4.69) is 10.3 Å². The first kappa shape index (κ1) is 9.99. The van der Waals surface area contributed by atoms with Gasteiger partial charge in [-0.05, 0) is 19.1 Å². The molecule has 1 aromatic rings. The fraction of sp³-hybridized carbons (Fsp3) is 0.222. The first-order valence-electron chi connectivity index (χ1n) is 4.05. The Morgan fingerprint density at radius 2 is 2.43 bits per heavy atom. The van der Waals surface area contributed by atoms with Crippen LogP contribution in [0, 0.1) is 11.3 Å². The van der Waals surface area contributed by atoms with E-state index >= 15 is 0 Å². The summed E-state index contributed by atoms with van der Waals surface area (Å²) in [7, 11) is 0. The zero-order chi connectivity index (χ0) is 10.6. The minimum Gasteiger partial charge on any atom is -0.373 e. The van der Waals surface area contributed by atoms with Crippen molar-refractivity contribution in [2.24, 2.45) is 5.73 Å². The molecular formula is C9H10N4O. The van der Waals surface area contributed by atoms with Crippen molar-refractivity contribution in [3.05, 3.63) is 24.0 Å². The molecule has 0 saturated heterocycles. The zero-order valence-electron chi connectivity index (χ0n) is 7.69. The molecule has 1 aromatic heterocycles. The van der Waals surface area contributed by atoms with Gasteiger partial charge < -0.3 is 11.1 Å². The summed E-state index contributed by atoms with van der Waals surface area (Å²) in [6, 6.07) is 4.68. The predicted octanol–water partition coefficient (Wildman–Crippen LogP) is 0.239. The minimum atomic E-state index is -0.454. The lowest BCUT2D eigenvalue weighted by Crippen LogP contribution is -2.32. The highest BCUT2D eigenvalue weighted by atomic mass is 16.1. The van der Waals surface area contributed by atoms with Crippen LogP contribution in [0.2, 0.25) is 0 Å². The van der Waals surface area contributed by atoms with E-state index in [1.54, 1.807) is 19.1 Å². The summed E-state index contributed by atoms with van der Waals surface area (Å²) < 4.78 is 0.